The van der Waals surface area contributed by atoms with Gasteiger partial charge in [-0.3, -0.25) is 19.2 Å². The number of aromatic nitrogens is 1. The van der Waals surface area contributed by atoms with Crippen molar-refractivity contribution in [2.75, 3.05) is 32.4 Å². The minimum atomic E-state index is -1.50. The highest BCUT2D eigenvalue weighted by Gasteiger charge is 2.65. The van der Waals surface area contributed by atoms with E-state index in [9.17, 15) is 28.8 Å². The van der Waals surface area contributed by atoms with E-state index in [-0.39, 0.29) is 43.1 Å². The fourth-order valence-electron chi connectivity index (χ4n) is 7.85. The smallest absolute Gasteiger partial charge is 0.271 e. The summed E-state index contributed by atoms with van der Waals surface area (Å²) < 4.78 is 35.5. The number of carbonyl (C=O) groups excluding carboxylic acids is 4. The SMILES string of the molecule is CC(C)(C)C(NC=O)C(=O)N1CC2C3CC(F)C(C3)C2C1C(=O)N1CC2(CC1C#N)Oc1cccnc1NC2=O.COCF. The van der Waals surface area contributed by atoms with Crippen LogP contribution in [0.3, 0.4) is 0 Å². The molecule has 1 aromatic rings. The van der Waals surface area contributed by atoms with Gasteiger partial charge in [-0.05, 0) is 54.1 Å². The number of amides is 4. The summed E-state index contributed by atoms with van der Waals surface area (Å²) in [6, 6.07) is 2.57. The number of carbonyl (C=O) groups is 4. The first-order valence-corrected chi connectivity index (χ1v) is 14.8. The number of halogens is 2. The summed E-state index contributed by atoms with van der Waals surface area (Å²) in [7, 11) is 1.31. The van der Waals surface area contributed by atoms with Crippen LogP contribution >= 0.6 is 0 Å². The van der Waals surface area contributed by atoms with Crippen LogP contribution in [-0.4, -0.2) is 95.9 Å². The van der Waals surface area contributed by atoms with Gasteiger partial charge in [-0.2, -0.15) is 5.26 Å². The molecule has 2 saturated carbocycles. The Bertz CT molecular complexity index is 1350. The van der Waals surface area contributed by atoms with Crippen molar-refractivity contribution in [3.63, 3.8) is 0 Å². The lowest BCUT2D eigenvalue weighted by atomic mass is 9.77. The second-order valence-corrected chi connectivity index (χ2v) is 13.3. The molecule has 4 heterocycles. The molecule has 9 atom stereocenters. The first-order valence-electron chi connectivity index (χ1n) is 14.8. The van der Waals surface area contributed by atoms with E-state index in [0.717, 1.165) is 0 Å². The summed E-state index contributed by atoms with van der Waals surface area (Å²) in [5, 5.41) is 15.4. The van der Waals surface area contributed by atoms with Gasteiger partial charge in [0.05, 0.1) is 12.6 Å². The number of anilines is 1. The first-order chi connectivity index (χ1) is 20.9. The Kier molecular flexibility index (Phi) is 8.54. The zero-order chi connectivity index (χ0) is 32.0. The molecule has 4 fully saturated rings. The van der Waals surface area contributed by atoms with Crippen molar-refractivity contribution in [2.24, 2.45) is 29.1 Å². The Balaban J connectivity index is 0.000000906. The largest absolute Gasteiger partial charge is 0.472 e. The van der Waals surface area contributed by atoms with E-state index >= 15 is 4.39 Å². The number of rotatable bonds is 5. The molecule has 12 nitrogen and oxygen atoms in total. The van der Waals surface area contributed by atoms with Gasteiger partial charge >= 0.3 is 0 Å². The minimum absolute atomic E-state index is 0.0453. The molecule has 44 heavy (non-hydrogen) atoms. The molecule has 3 aliphatic heterocycles. The summed E-state index contributed by atoms with van der Waals surface area (Å²) in [6.07, 6.45) is 1.96. The van der Waals surface area contributed by atoms with E-state index in [2.05, 4.69) is 26.4 Å². The zero-order valence-corrected chi connectivity index (χ0v) is 25.2. The van der Waals surface area contributed by atoms with Crippen molar-refractivity contribution in [1.82, 2.24) is 20.1 Å². The number of methoxy groups -OCH3 is 1. The van der Waals surface area contributed by atoms with Gasteiger partial charge < -0.3 is 29.9 Å². The van der Waals surface area contributed by atoms with Crippen LogP contribution in [0, 0.1) is 40.4 Å². The van der Waals surface area contributed by atoms with Gasteiger partial charge in [0.15, 0.2) is 18.4 Å². The van der Waals surface area contributed by atoms with Gasteiger partial charge in [-0.1, -0.05) is 20.8 Å². The van der Waals surface area contributed by atoms with E-state index < -0.39 is 65.8 Å². The Morgan fingerprint density at radius 2 is 2.07 bits per heavy atom. The van der Waals surface area contributed by atoms with Gasteiger partial charge in [0.25, 0.3) is 5.91 Å². The molecule has 5 aliphatic rings. The molecule has 238 valence electrons. The number of nitrogens with zero attached hydrogens (tertiary/aromatic N) is 4. The van der Waals surface area contributed by atoms with Crippen LogP contribution in [0.2, 0.25) is 0 Å². The van der Waals surface area contributed by atoms with E-state index in [1.165, 1.54) is 23.1 Å². The summed E-state index contributed by atoms with van der Waals surface area (Å²) in [6.45, 7) is 4.88. The average molecular weight is 617 g/mol. The Labute approximate surface area is 254 Å². The maximum Gasteiger partial charge on any atom is 0.271 e. The highest BCUT2D eigenvalue weighted by atomic mass is 19.1. The molecule has 0 radical (unpaired) electrons. The standard InChI is InChI=1S/C28H33FN6O5.C2H5FO/c1-27(2,3)22(32-13-36)25(38)34-11-17-14-7-16(18(29)8-14)20(17)21(34)24(37)35-12-28(9-15(35)10-30)26(39)33-23-19(40-28)5-4-6-31-23;1-4-2-3/h4-6,13-18,20-22H,7-9,11-12H2,1-3H3,(H,32,36)(H,31,33,39);2H2,1H3. The minimum Gasteiger partial charge on any atom is -0.472 e. The molecule has 2 N–H and O–H groups in total. The van der Waals surface area contributed by atoms with Crippen LogP contribution in [0.15, 0.2) is 18.3 Å². The van der Waals surface area contributed by atoms with E-state index in [0.29, 0.717) is 25.0 Å². The van der Waals surface area contributed by atoms with E-state index in [1.807, 2.05) is 20.8 Å². The van der Waals surface area contributed by atoms with Crippen molar-refractivity contribution < 1.29 is 37.4 Å². The third-order valence-corrected chi connectivity index (χ3v) is 9.74. The number of hydrogen-bond donors (Lipinski definition) is 2. The predicted molar refractivity (Wildman–Crippen MR) is 151 cm³/mol. The molecule has 0 aromatic carbocycles. The zero-order valence-electron chi connectivity index (χ0n) is 25.2. The van der Waals surface area contributed by atoms with Gasteiger partial charge in [-0.15, -0.1) is 0 Å². The number of likely N-dealkylation sites (tertiary alicyclic amines) is 2. The lowest BCUT2D eigenvalue weighted by molar-refractivity contribution is -0.149. The molecule has 4 amide bonds. The number of nitriles is 1. The third-order valence-electron chi connectivity index (χ3n) is 9.74. The van der Waals surface area contributed by atoms with Crippen molar-refractivity contribution >= 4 is 29.9 Å². The van der Waals surface area contributed by atoms with Gasteiger partial charge in [0.2, 0.25) is 23.8 Å². The normalized spacial score (nSPS) is 33.8. The van der Waals surface area contributed by atoms with Crippen molar-refractivity contribution in [1.29, 1.82) is 5.26 Å². The summed E-state index contributed by atoms with van der Waals surface area (Å²) >= 11 is 0. The molecule has 2 saturated heterocycles. The van der Waals surface area contributed by atoms with Crippen LogP contribution in [0.5, 0.6) is 5.75 Å². The fourth-order valence-corrected chi connectivity index (χ4v) is 7.85. The second-order valence-electron chi connectivity index (χ2n) is 13.3. The second kappa shape index (κ2) is 11.9. The van der Waals surface area contributed by atoms with Crippen LogP contribution in [-0.2, 0) is 23.9 Å². The molecule has 1 aromatic heterocycles. The monoisotopic (exact) mass is 616 g/mol. The van der Waals surface area contributed by atoms with Crippen molar-refractivity contribution in [3.05, 3.63) is 18.3 Å². The molecule has 2 bridgehead atoms. The first kappa shape index (κ1) is 31.6. The summed E-state index contributed by atoms with van der Waals surface area (Å²) in [5.41, 5.74) is -2.14. The Hall–Kier alpha value is -3.86. The molecule has 1 spiro atoms. The molecular weight excluding hydrogens is 578 g/mol. The molecule has 9 unspecified atom stereocenters. The molecule has 6 rings (SSSR count). The Morgan fingerprint density at radius 3 is 2.70 bits per heavy atom. The van der Waals surface area contributed by atoms with E-state index in [4.69, 9.17) is 4.74 Å². The topological polar surface area (TPSA) is 154 Å². The predicted octanol–water partition coefficient (Wildman–Crippen LogP) is 1.82. The maximum atomic E-state index is 15.1. The quantitative estimate of drug-likeness (QED) is 0.475. The number of pyridine rings is 1. The lowest BCUT2D eigenvalue weighted by Gasteiger charge is -2.38. The van der Waals surface area contributed by atoms with Crippen LogP contribution in [0.25, 0.3) is 0 Å². The third kappa shape index (κ3) is 5.25. The van der Waals surface area contributed by atoms with Gasteiger partial charge in [-0.25, -0.2) is 13.8 Å². The highest BCUT2D eigenvalue weighted by molar-refractivity contribution is 6.01. The van der Waals surface area contributed by atoms with Crippen molar-refractivity contribution in [2.45, 2.75) is 69.9 Å². The number of ether oxygens (including phenoxy) is 2. The molecular formula is C30H38F2N6O6. The average Bonchev–Trinajstić information content (AvgIpc) is 3.75. The highest BCUT2D eigenvalue weighted by Crippen LogP contribution is 2.59. The van der Waals surface area contributed by atoms with Gasteiger partial charge in [0.1, 0.15) is 24.3 Å². The number of alkyl halides is 2. The van der Waals surface area contributed by atoms with E-state index in [1.54, 1.807) is 12.1 Å². The molecule has 14 heteroatoms. The van der Waals surface area contributed by atoms with Crippen LogP contribution in [0.1, 0.15) is 40.0 Å². The van der Waals surface area contributed by atoms with Gasteiger partial charge in [0, 0.05) is 26.3 Å². The number of nitrogens with one attached hydrogen (secondary N) is 2. The van der Waals surface area contributed by atoms with Crippen LogP contribution in [0.4, 0.5) is 14.6 Å². The molecule has 2 aliphatic carbocycles. The fraction of sp³-hybridized carbons (Fsp3) is 0.667. The lowest BCUT2D eigenvalue weighted by Crippen LogP contribution is -2.59. The maximum absolute atomic E-state index is 15.1. The van der Waals surface area contributed by atoms with Crippen LogP contribution < -0.4 is 15.4 Å². The Morgan fingerprint density at radius 1 is 1.34 bits per heavy atom. The number of fused-ring (bicyclic) bond motifs is 6. The number of hydrogen-bond acceptors (Lipinski definition) is 8. The summed E-state index contributed by atoms with van der Waals surface area (Å²) in [4.78, 5) is 60.0. The van der Waals surface area contributed by atoms with Crippen molar-refractivity contribution in [3.8, 4) is 11.8 Å². The summed E-state index contributed by atoms with van der Waals surface area (Å²) in [5.74, 6) is -1.53.